The van der Waals surface area contributed by atoms with E-state index in [0.29, 0.717) is 11.8 Å². The van der Waals surface area contributed by atoms with Gasteiger partial charge in [0.05, 0.1) is 0 Å². The van der Waals surface area contributed by atoms with Crippen molar-refractivity contribution in [1.82, 2.24) is 10.2 Å². The summed E-state index contributed by atoms with van der Waals surface area (Å²) in [6, 6.07) is 8.04. The number of hydrogen-bond acceptors (Lipinski definition) is 3. The van der Waals surface area contributed by atoms with Crippen molar-refractivity contribution >= 4 is 0 Å². The minimum absolute atomic E-state index is 0.338. The second-order valence-corrected chi connectivity index (χ2v) is 6.02. The molecule has 1 heterocycles. The maximum Gasteiger partial charge on any atom is 0.115 e. The molecule has 2 N–H and O–H groups in total. The van der Waals surface area contributed by atoms with E-state index in [1.165, 1.54) is 44.5 Å². The van der Waals surface area contributed by atoms with Crippen molar-refractivity contribution in [1.29, 1.82) is 0 Å². The van der Waals surface area contributed by atoms with Crippen molar-refractivity contribution in [2.24, 2.45) is 5.92 Å². The molecule has 112 valence electrons. The molecule has 0 saturated carbocycles. The first-order valence-corrected chi connectivity index (χ1v) is 7.92. The molecule has 3 heteroatoms. The van der Waals surface area contributed by atoms with Gasteiger partial charge >= 0.3 is 0 Å². The van der Waals surface area contributed by atoms with Gasteiger partial charge in [0, 0.05) is 12.6 Å². The standard InChI is InChI=1S/C17H28N2O/c1-3-10-19-11-8-16(9-12-19)14(2)18-13-15-4-6-17(20)7-5-15/h4-7,14,16,18,20H,3,8-13H2,1-2H3. The number of aromatic hydroxyl groups is 1. The van der Waals surface area contributed by atoms with E-state index in [2.05, 4.69) is 24.1 Å². The molecule has 0 aromatic heterocycles. The number of phenolic OH excluding ortho intramolecular Hbond substituents is 1. The lowest BCUT2D eigenvalue weighted by Crippen LogP contribution is -2.41. The fraction of sp³-hybridized carbons (Fsp3) is 0.647. The Balaban J connectivity index is 1.72. The van der Waals surface area contributed by atoms with E-state index in [4.69, 9.17) is 0 Å². The number of phenols is 1. The number of likely N-dealkylation sites (tertiary alicyclic amines) is 1. The zero-order chi connectivity index (χ0) is 14.4. The third kappa shape index (κ3) is 4.50. The van der Waals surface area contributed by atoms with Crippen molar-refractivity contribution in [3.05, 3.63) is 29.8 Å². The van der Waals surface area contributed by atoms with Crippen LogP contribution < -0.4 is 5.32 Å². The van der Waals surface area contributed by atoms with Gasteiger partial charge in [-0.15, -0.1) is 0 Å². The van der Waals surface area contributed by atoms with Crippen molar-refractivity contribution in [3.63, 3.8) is 0 Å². The fourth-order valence-corrected chi connectivity index (χ4v) is 3.05. The Morgan fingerprint density at radius 1 is 1.25 bits per heavy atom. The van der Waals surface area contributed by atoms with Crippen LogP contribution in [0.2, 0.25) is 0 Å². The van der Waals surface area contributed by atoms with E-state index < -0.39 is 0 Å². The molecule has 1 aromatic carbocycles. The predicted molar refractivity (Wildman–Crippen MR) is 83.9 cm³/mol. The third-order valence-electron chi connectivity index (χ3n) is 4.44. The molecule has 1 fully saturated rings. The Morgan fingerprint density at radius 2 is 1.90 bits per heavy atom. The van der Waals surface area contributed by atoms with Gasteiger partial charge in [0.15, 0.2) is 0 Å². The lowest BCUT2D eigenvalue weighted by Gasteiger charge is -2.35. The molecule has 2 rings (SSSR count). The molecular formula is C17H28N2O. The second kappa shape index (κ2) is 7.65. The molecule has 20 heavy (non-hydrogen) atoms. The van der Waals surface area contributed by atoms with E-state index in [0.717, 1.165) is 12.5 Å². The second-order valence-electron chi connectivity index (χ2n) is 6.02. The number of rotatable bonds is 6. The van der Waals surface area contributed by atoms with Gasteiger partial charge in [0.2, 0.25) is 0 Å². The largest absolute Gasteiger partial charge is 0.508 e. The van der Waals surface area contributed by atoms with Gasteiger partial charge in [0.1, 0.15) is 5.75 Å². The third-order valence-corrected chi connectivity index (χ3v) is 4.44. The molecule has 1 aromatic rings. The van der Waals surface area contributed by atoms with Crippen molar-refractivity contribution in [2.45, 2.75) is 45.7 Å². The number of hydrogen-bond donors (Lipinski definition) is 2. The highest BCUT2D eigenvalue weighted by Gasteiger charge is 2.22. The SMILES string of the molecule is CCCN1CCC(C(C)NCc2ccc(O)cc2)CC1. The van der Waals surface area contributed by atoms with Gasteiger partial charge in [-0.3, -0.25) is 0 Å². The highest BCUT2D eigenvalue weighted by atomic mass is 16.3. The Hall–Kier alpha value is -1.06. The highest BCUT2D eigenvalue weighted by molar-refractivity contribution is 5.25. The van der Waals surface area contributed by atoms with Gasteiger partial charge < -0.3 is 15.3 Å². The normalized spacial score (nSPS) is 19.1. The Bertz CT molecular complexity index is 382. The maximum atomic E-state index is 9.28. The summed E-state index contributed by atoms with van der Waals surface area (Å²) < 4.78 is 0. The lowest BCUT2D eigenvalue weighted by molar-refractivity contribution is 0.162. The summed E-state index contributed by atoms with van der Waals surface area (Å²) in [4.78, 5) is 2.59. The van der Waals surface area contributed by atoms with Crippen LogP contribution >= 0.6 is 0 Å². The van der Waals surface area contributed by atoms with Gasteiger partial charge in [0.25, 0.3) is 0 Å². The first-order valence-electron chi connectivity index (χ1n) is 7.92. The summed E-state index contributed by atoms with van der Waals surface area (Å²) in [5, 5.41) is 12.9. The zero-order valence-electron chi connectivity index (χ0n) is 12.8. The summed E-state index contributed by atoms with van der Waals surface area (Å²) in [7, 11) is 0. The average Bonchev–Trinajstić information content (AvgIpc) is 2.47. The van der Waals surface area contributed by atoms with Crippen LogP contribution in [0.1, 0.15) is 38.7 Å². The van der Waals surface area contributed by atoms with E-state index >= 15 is 0 Å². The molecule has 0 spiro atoms. The average molecular weight is 276 g/mol. The van der Waals surface area contributed by atoms with Crippen molar-refractivity contribution < 1.29 is 5.11 Å². The summed E-state index contributed by atoms with van der Waals surface area (Å²) in [6.45, 7) is 9.21. The van der Waals surface area contributed by atoms with Gasteiger partial charge in [-0.05, 0) is 69.4 Å². The molecule has 0 amide bonds. The molecule has 0 radical (unpaired) electrons. The maximum absolute atomic E-state index is 9.28. The molecule has 1 saturated heterocycles. The molecule has 0 bridgehead atoms. The molecule has 1 aliphatic heterocycles. The van der Waals surface area contributed by atoms with Crippen molar-refractivity contribution in [3.8, 4) is 5.75 Å². The molecule has 0 aliphatic carbocycles. The molecule has 1 atom stereocenters. The fourth-order valence-electron chi connectivity index (χ4n) is 3.05. The Morgan fingerprint density at radius 3 is 2.50 bits per heavy atom. The van der Waals surface area contributed by atoms with Gasteiger partial charge in [-0.1, -0.05) is 19.1 Å². The molecule has 1 unspecified atom stereocenters. The summed E-state index contributed by atoms with van der Waals surface area (Å²) in [6.07, 6.45) is 3.88. The van der Waals surface area contributed by atoms with Crippen LogP contribution in [0.5, 0.6) is 5.75 Å². The molecule has 1 aliphatic rings. The Labute approximate surface area is 123 Å². The Kier molecular flexibility index (Phi) is 5.86. The topological polar surface area (TPSA) is 35.5 Å². The van der Waals surface area contributed by atoms with E-state index in [1.807, 2.05) is 12.1 Å². The van der Waals surface area contributed by atoms with Gasteiger partial charge in [-0.2, -0.15) is 0 Å². The van der Waals surface area contributed by atoms with Gasteiger partial charge in [-0.25, -0.2) is 0 Å². The van der Waals surface area contributed by atoms with Crippen LogP contribution in [0.25, 0.3) is 0 Å². The van der Waals surface area contributed by atoms with Crippen molar-refractivity contribution in [2.75, 3.05) is 19.6 Å². The van der Waals surface area contributed by atoms with E-state index in [-0.39, 0.29) is 0 Å². The van der Waals surface area contributed by atoms with Crippen LogP contribution in [0.15, 0.2) is 24.3 Å². The molecular weight excluding hydrogens is 248 g/mol. The minimum Gasteiger partial charge on any atom is -0.508 e. The smallest absolute Gasteiger partial charge is 0.115 e. The van der Waals surface area contributed by atoms with E-state index in [9.17, 15) is 5.11 Å². The zero-order valence-corrected chi connectivity index (χ0v) is 12.8. The molecule has 3 nitrogen and oxygen atoms in total. The monoisotopic (exact) mass is 276 g/mol. The summed E-state index contributed by atoms with van der Waals surface area (Å²) in [5.41, 5.74) is 1.23. The first kappa shape index (κ1) is 15.3. The number of nitrogens with one attached hydrogen (secondary N) is 1. The number of benzene rings is 1. The van der Waals surface area contributed by atoms with Crippen LogP contribution in [-0.4, -0.2) is 35.7 Å². The predicted octanol–water partition coefficient (Wildman–Crippen LogP) is 2.99. The number of nitrogens with zero attached hydrogens (tertiary/aromatic N) is 1. The van der Waals surface area contributed by atoms with Crippen LogP contribution in [0, 0.1) is 5.92 Å². The lowest BCUT2D eigenvalue weighted by atomic mass is 9.90. The quantitative estimate of drug-likeness (QED) is 0.838. The van der Waals surface area contributed by atoms with Crippen LogP contribution in [0.4, 0.5) is 0 Å². The summed E-state index contributed by atoms with van der Waals surface area (Å²) in [5.74, 6) is 1.13. The first-order chi connectivity index (χ1) is 9.69. The number of piperidine rings is 1. The van der Waals surface area contributed by atoms with Crippen LogP contribution in [-0.2, 0) is 6.54 Å². The summed E-state index contributed by atoms with van der Waals surface area (Å²) >= 11 is 0. The van der Waals surface area contributed by atoms with Crippen LogP contribution in [0.3, 0.4) is 0 Å². The highest BCUT2D eigenvalue weighted by Crippen LogP contribution is 2.21. The minimum atomic E-state index is 0.338. The van der Waals surface area contributed by atoms with E-state index in [1.54, 1.807) is 12.1 Å².